The highest BCUT2D eigenvalue weighted by molar-refractivity contribution is 7.89. The molecule has 2 rings (SSSR count). The Hall–Kier alpha value is -1.13. The van der Waals surface area contributed by atoms with Gasteiger partial charge in [-0.2, -0.15) is 5.26 Å². The van der Waals surface area contributed by atoms with Gasteiger partial charge in [-0.15, -0.1) is 0 Å². The van der Waals surface area contributed by atoms with Crippen molar-refractivity contribution in [2.24, 2.45) is 5.92 Å². The summed E-state index contributed by atoms with van der Waals surface area (Å²) in [5.41, 5.74) is -0.0109. The second-order valence-electron chi connectivity index (χ2n) is 4.92. The number of nitriles is 1. The topological polar surface area (TPSA) is 82.0 Å². The van der Waals surface area contributed by atoms with Gasteiger partial charge in [0, 0.05) is 6.04 Å². The average Bonchev–Trinajstić information content (AvgIpc) is 2.41. The van der Waals surface area contributed by atoms with Crippen LogP contribution in [-0.4, -0.2) is 27.5 Å². The van der Waals surface area contributed by atoms with Crippen molar-refractivity contribution in [2.45, 2.75) is 24.3 Å². The number of nitrogens with zero attached hydrogens (tertiary/aromatic N) is 1. The first kappa shape index (κ1) is 15.3. The fourth-order valence-electron chi connectivity index (χ4n) is 2.29. The summed E-state index contributed by atoms with van der Waals surface area (Å²) in [5.74, 6) is 0.197. The third-order valence-corrected chi connectivity index (χ3v) is 5.32. The molecular weight excluding hydrogens is 298 g/mol. The molecule has 0 aromatic heterocycles. The first-order chi connectivity index (χ1) is 9.45. The second-order valence-corrected chi connectivity index (χ2v) is 7.01. The molecule has 2 N–H and O–H groups in total. The molecule has 0 radical (unpaired) electrons. The van der Waals surface area contributed by atoms with Crippen LogP contribution in [0.15, 0.2) is 23.1 Å². The zero-order chi connectivity index (χ0) is 14.8. The van der Waals surface area contributed by atoms with Crippen LogP contribution in [0.5, 0.6) is 0 Å². The van der Waals surface area contributed by atoms with E-state index in [1.54, 1.807) is 0 Å². The molecule has 2 unspecified atom stereocenters. The van der Waals surface area contributed by atoms with Crippen LogP contribution in [0.25, 0.3) is 0 Å². The first-order valence-corrected chi connectivity index (χ1v) is 8.23. The molecule has 0 bridgehead atoms. The molecule has 1 aromatic rings. The Bertz CT molecular complexity index is 640. The highest BCUT2D eigenvalue weighted by atomic mass is 35.5. The van der Waals surface area contributed by atoms with Gasteiger partial charge in [0.05, 0.1) is 10.6 Å². The van der Waals surface area contributed by atoms with Gasteiger partial charge in [0.1, 0.15) is 11.0 Å². The van der Waals surface area contributed by atoms with E-state index < -0.39 is 10.0 Å². The highest BCUT2D eigenvalue weighted by Gasteiger charge is 2.28. The lowest BCUT2D eigenvalue weighted by atomic mass is 9.97. The van der Waals surface area contributed by atoms with Gasteiger partial charge in [-0.05, 0) is 37.6 Å². The van der Waals surface area contributed by atoms with Crippen molar-refractivity contribution in [1.82, 2.24) is 10.0 Å². The summed E-state index contributed by atoms with van der Waals surface area (Å²) in [6, 6.07) is 6.16. The number of piperidine rings is 1. The summed E-state index contributed by atoms with van der Waals surface area (Å²) in [4.78, 5) is -0.0572. The van der Waals surface area contributed by atoms with Crippen LogP contribution in [0, 0.1) is 17.2 Å². The normalized spacial score (nSPS) is 23.2. The van der Waals surface area contributed by atoms with E-state index in [0.29, 0.717) is 0 Å². The van der Waals surface area contributed by atoms with Crippen molar-refractivity contribution < 1.29 is 8.42 Å². The molecule has 1 aliphatic rings. The molecule has 5 nitrogen and oxygen atoms in total. The molecule has 1 aromatic carbocycles. The minimum Gasteiger partial charge on any atom is -0.316 e. The van der Waals surface area contributed by atoms with E-state index in [0.717, 1.165) is 19.5 Å². The first-order valence-electron chi connectivity index (χ1n) is 6.37. The van der Waals surface area contributed by atoms with Gasteiger partial charge in [-0.25, -0.2) is 13.1 Å². The maximum atomic E-state index is 12.4. The Morgan fingerprint density at radius 3 is 2.90 bits per heavy atom. The van der Waals surface area contributed by atoms with Gasteiger partial charge < -0.3 is 5.32 Å². The lowest BCUT2D eigenvalue weighted by Gasteiger charge is -2.30. The fraction of sp³-hybridized carbons (Fsp3) is 0.462. The molecule has 1 saturated heterocycles. The van der Waals surface area contributed by atoms with Crippen molar-refractivity contribution in [3.05, 3.63) is 28.8 Å². The van der Waals surface area contributed by atoms with Crippen LogP contribution in [0.4, 0.5) is 0 Å². The van der Waals surface area contributed by atoms with Crippen molar-refractivity contribution in [1.29, 1.82) is 5.26 Å². The quantitative estimate of drug-likeness (QED) is 0.885. The van der Waals surface area contributed by atoms with Crippen LogP contribution in [0.1, 0.15) is 18.9 Å². The zero-order valence-corrected chi connectivity index (χ0v) is 12.6. The maximum Gasteiger partial charge on any atom is 0.242 e. The number of rotatable bonds is 3. The minimum atomic E-state index is -3.74. The highest BCUT2D eigenvalue weighted by Crippen LogP contribution is 2.24. The van der Waals surface area contributed by atoms with Crippen molar-refractivity contribution in [2.75, 3.05) is 13.1 Å². The predicted molar refractivity (Wildman–Crippen MR) is 76.9 cm³/mol. The third-order valence-electron chi connectivity index (χ3n) is 3.47. The summed E-state index contributed by atoms with van der Waals surface area (Å²) in [6.07, 6.45) is 0.725. The summed E-state index contributed by atoms with van der Waals surface area (Å²) in [6.45, 7) is 3.54. The number of sulfonamides is 1. The van der Waals surface area contributed by atoms with Crippen molar-refractivity contribution >= 4 is 21.6 Å². The molecule has 0 amide bonds. The predicted octanol–water partition coefficient (Wildman–Crippen LogP) is 1.49. The minimum absolute atomic E-state index is 0.0109. The van der Waals surface area contributed by atoms with Gasteiger partial charge in [-0.3, -0.25) is 0 Å². The van der Waals surface area contributed by atoms with Crippen LogP contribution >= 0.6 is 11.6 Å². The van der Waals surface area contributed by atoms with E-state index in [1.807, 2.05) is 13.0 Å². The van der Waals surface area contributed by atoms with Crippen molar-refractivity contribution in [3.8, 4) is 6.07 Å². The van der Waals surface area contributed by atoms with Crippen LogP contribution < -0.4 is 10.0 Å². The summed E-state index contributed by atoms with van der Waals surface area (Å²) >= 11 is 5.88. The van der Waals surface area contributed by atoms with E-state index in [1.165, 1.54) is 18.2 Å². The molecule has 1 heterocycles. The van der Waals surface area contributed by atoms with Crippen molar-refractivity contribution in [3.63, 3.8) is 0 Å². The van der Waals surface area contributed by atoms with Gasteiger partial charge in [0.2, 0.25) is 10.0 Å². The lowest BCUT2D eigenvalue weighted by molar-refractivity contribution is 0.328. The summed E-state index contributed by atoms with van der Waals surface area (Å²) in [5, 5.41) is 12.4. The third kappa shape index (κ3) is 3.13. The summed E-state index contributed by atoms with van der Waals surface area (Å²) in [7, 11) is -3.74. The zero-order valence-electron chi connectivity index (χ0n) is 11.1. The number of hydrogen-bond acceptors (Lipinski definition) is 4. The molecule has 108 valence electrons. The molecule has 1 fully saturated rings. The summed E-state index contributed by atoms with van der Waals surface area (Å²) < 4.78 is 27.6. The molecule has 20 heavy (non-hydrogen) atoms. The molecule has 7 heteroatoms. The molecule has 1 aliphatic heterocycles. The van der Waals surface area contributed by atoms with Crippen LogP contribution in [-0.2, 0) is 10.0 Å². The van der Waals surface area contributed by atoms with Crippen LogP contribution in [0.3, 0.4) is 0 Å². The van der Waals surface area contributed by atoms with E-state index in [2.05, 4.69) is 10.0 Å². The number of nitrogens with one attached hydrogen (secondary N) is 2. The Labute approximate surface area is 124 Å². The van der Waals surface area contributed by atoms with E-state index in [4.69, 9.17) is 16.9 Å². The molecule has 2 atom stereocenters. The SMILES string of the molecule is CC1CNCCC1NS(=O)(=O)c1cccc(Cl)c1C#N. The van der Waals surface area contributed by atoms with Gasteiger partial charge in [0.15, 0.2) is 0 Å². The molecule has 0 saturated carbocycles. The Kier molecular flexibility index (Phi) is 4.66. The molecule has 0 spiro atoms. The Morgan fingerprint density at radius 2 is 2.25 bits per heavy atom. The van der Waals surface area contributed by atoms with Crippen LogP contribution in [0.2, 0.25) is 5.02 Å². The van der Waals surface area contributed by atoms with E-state index in [-0.39, 0.29) is 27.4 Å². The maximum absolute atomic E-state index is 12.4. The molecular formula is C13H16ClN3O2S. The standard InChI is InChI=1S/C13H16ClN3O2S/c1-9-8-16-6-5-12(9)17-20(18,19)13-4-2-3-11(14)10(13)7-15/h2-4,9,12,16-17H,5-6,8H2,1H3. The number of benzene rings is 1. The van der Waals surface area contributed by atoms with E-state index in [9.17, 15) is 8.42 Å². The molecule has 0 aliphatic carbocycles. The Morgan fingerprint density at radius 1 is 1.50 bits per heavy atom. The number of halogens is 1. The fourth-order valence-corrected chi connectivity index (χ4v) is 4.12. The van der Waals surface area contributed by atoms with Gasteiger partial charge in [0.25, 0.3) is 0 Å². The second kappa shape index (κ2) is 6.10. The lowest BCUT2D eigenvalue weighted by Crippen LogP contribution is -2.48. The average molecular weight is 314 g/mol. The Balaban J connectivity index is 2.32. The number of hydrogen-bond donors (Lipinski definition) is 2. The van der Waals surface area contributed by atoms with Gasteiger partial charge >= 0.3 is 0 Å². The van der Waals surface area contributed by atoms with Gasteiger partial charge in [-0.1, -0.05) is 24.6 Å². The monoisotopic (exact) mass is 313 g/mol. The smallest absolute Gasteiger partial charge is 0.242 e. The largest absolute Gasteiger partial charge is 0.316 e. The van der Waals surface area contributed by atoms with E-state index >= 15 is 0 Å².